The summed E-state index contributed by atoms with van der Waals surface area (Å²) in [6, 6.07) is 3.77. The molecule has 0 fully saturated rings. The van der Waals surface area contributed by atoms with E-state index in [1.807, 2.05) is 12.1 Å². The van der Waals surface area contributed by atoms with Crippen molar-refractivity contribution < 1.29 is 14.3 Å². The average Bonchev–Trinajstić information content (AvgIpc) is 2.22. The van der Waals surface area contributed by atoms with E-state index in [2.05, 4.69) is 15.9 Å². The van der Waals surface area contributed by atoms with Gasteiger partial charge in [0.25, 0.3) is 0 Å². The smallest absolute Gasteiger partial charge is 0.124 e. The van der Waals surface area contributed by atoms with E-state index in [1.54, 1.807) is 14.2 Å². The molecule has 0 aromatic heterocycles. The van der Waals surface area contributed by atoms with Crippen molar-refractivity contribution in [3.8, 4) is 5.75 Å². The second-order valence-corrected chi connectivity index (χ2v) is 3.91. The molecule has 0 aliphatic rings. The molecular formula is C11H13BrO3. The van der Waals surface area contributed by atoms with Crippen LogP contribution in [0.3, 0.4) is 0 Å². The van der Waals surface area contributed by atoms with Crippen molar-refractivity contribution >= 4 is 22.2 Å². The van der Waals surface area contributed by atoms with Gasteiger partial charge in [0.15, 0.2) is 0 Å². The topological polar surface area (TPSA) is 35.5 Å². The molecule has 0 heterocycles. The highest BCUT2D eigenvalue weighted by Crippen LogP contribution is 2.28. The first-order valence-electron chi connectivity index (χ1n) is 4.50. The summed E-state index contributed by atoms with van der Waals surface area (Å²) in [6.07, 6.45) is 1.22. The molecule has 0 aliphatic carbocycles. The summed E-state index contributed by atoms with van der Waals surface area (Å²) in [6.45, 7) is 0.512. The molecule has 0 saturated heterocycles. The number of hydrogen-bond donors (Lipinski definition) is 0. The van der Waals surface area contributed by atoms with Crippen molar-refractivity contribution in [2.75, 3.05) is 14.2 Å². The maximum absolute atomic E-state index is 10.5. The van der Waals surface area contributed by atoms with Crippen LogP contribution in [0.4, 0.5) is 0 Å². The lowest BCUT2D eigenvalue weighted by Crippen LogP contribution is -1.97. The Morgan fingerprint density at radius 2 is 2.07 bits per heavy atom. The minimum Gasteiger partial charge on any atom is -0.496 e. The van der Waals surface area contributed by atoms with Crippen LogP contribution in [0.1, 0.15) is 11.1 Å². The molecule has 0 saturated carbocycles. The lowest BCUT2D eigenvalue weighted by atomic mass is 10.1. The highest BCUT2D eigenvalue weighted by molar-refractivity contribution is 9.10. The van der Waals surface area contributed by atoms with Gasteiger partial charge in [0.2, 0.25) is 0 Å². The van der Waals surface area contributed by atoms with E-state index in [4.69, 9.17) is 9.47 Å². The lowest BCUT2D eigenvalue weighted by molar-refractivity contribution is -0.107. The Morgan fingerprint density at radius 1 is 1.33 bits per heavy atom. The van der Waals surface area contributed by atoms with E-state index in [0.29, 0.717) is 13.0 Å². The zero-order chi connectivity index (χ0) is 11.3. The fourth-order valence-corrected chi connectivity index (χ4v) is 1.85. The van der Waals surface area contributed by atoms with Crippen LogP contribution >= 0.6 is 15.9 Å². The zero-order valence-electron chi connectivity index (χ0n) is 8.75. The number of ether oxygens (including phenoxy) is 2. The van der Waals surface area contributed by atoms with E-state index < -0.39 is 0 Å². The van der Waals surface area contributed by atoms with Crippen molar-refractivity contribution in [3.05, 3.63) is 27.7 Å². The van der Waals surface area contributed by atoms with Gasteiger partial charge in [-0.25, -0.2) is 0 Å². The van der Waals surface area contributed by atoms with Gasteiger partial charge in [-0.3, -0.25) is 0 Å². The Labute approximate surface area is 97.5 Å². The molecule has 4 heteroatoms. The number of hydrogen-bond acceptors (Lipinski definition) is 3. The second-order valence-electron chi connectivity index (χ2n) is 3.06. The molecule has 0 amide bonds. The van der Waals surface area contributed by atoms with Crippen LogP contribution in [0, 0.1) is 0 Å². The Morgan fingerprint density at radius 3 is 2.60 bits per heavy atom. The number of carbonyl (C=O) groups is 1. The lowest BCUT2D eigenvalue weighted by Gasteiger charge is -2.10. The summed E-state index contributed by atoms with van der Waals surface area (Å²) in [4.78, 5) is 10.5. The van der Waals surface area contributed by atoms with Gasteiger partial charge >= 0.3 is 0 Å². The summed E-state index contributed by atoms with van der Waals surface area (Å²) in [5.41, 5.74) is 1.88. The first-order chi connectivity index (χ1) is 7.22. The van der Waals surface area contributed by atoms with Gasteiger partial charge in [-0.2, -0.15) is 0 Å². The molecule has 0 aliphatic heterocycles. The zero-order valence-corrected chi connectivity index (χ0v) is 10.3. The van der Waals surface area contributed by atoms with Crippen LogP contribution in [0.25, 0.3) is 0 Å². The SMILES string of the molecule is COCc1cc(OC)c(CC=O)cc1Br. The van der Waals surface area contributed by atoms with E-state index >= 15 is 0 Å². The molecule has 1 aromatic carbocycles. The predicted octanol–water partition coefficient (Wildman–Crippen LogP) is 2.35. The van der Waals surface area contributed by atoms with Gasteiger partial charge in [0.1, 0.15) is 12.0 Å². The molecule has 15 heavy (non-hydrogen) atoms. The van der Waals surface area contributed by atoms with Crippen molar-refractivity contribution in [1.82, 2.24) is 0 Å². The Bertz CT molecular complexity index is 350. The molecule has 1 rings (SSSR count). The Kier molecular flexibility index (Phi) is 4.78. The maximum Gasteiger partial charge on any atom is 0.124 e. The fraction of sp³-hybridized carbons (Fsp3) is 0.364. The van der Waals surface area contributed by atoms with Crippen LogP contribution in [0.2, 0.25) is 0 Å². The molecule has 0 N–H and O–H groups in total. The normalized spacial score (nSPS) is 10.1. The number of aldehydes is 1. The van der Waals surface area contributed by atoms with Gasteiger partial charge in [-0.1, -0.05) is 15.9 Å². The first kappa shape index (κ1) is 12.2. The standard InChI is InChI=1S/C11H13BrO3/c1-14-7-9-6-11(15-2)8(3-4-13)5-10(9)12/h4-6H,3,7H2,1-2H3. The molecule has 0 atom stereocenters. The number of carbonyl (C=O) groups excluding carboxylic acids is 1. The molecular weight excluding hydrogens is 260 g/mol. The average molecular weight is 273 g/mol. The van der Waals surface area contributed by atoms with Crippen LogP contribution in [0.5, 0.6) is 5.75 Å². The summed E-state index contributed by atoms with van der Waals surface area (Å²) in [5.74, 6) is 0.720. The highest BCUT2D eigenvalue weighted by Gasteiger charge is 2.08. The second kappa shape index (κ2) is 5.88. The van der Waals surface area contributed by atoms with Crippen LogP contribution in [-0.4, -0.2) is 20.5 Å². The maximum atomic E-state index is 10.5. The number of rotatable bonds is 5. The van der Waals surface area contributed by atoms with Crippen LogP contribution < -0.4 is 4.74 Å². The van der Waals surface area contributed by atoms with Crippen molar-refractivity contribution in [3.63, 3.8) is 0 Å². The number of benzene rings is 1. The molecule has 1 aromatic rings. The summed E-state index contributed by atoms with van der Waals surface area (Å²) in [7, 11) is 3.23. The van der Waals surface area contributed by atoms with Gasteiger partial charge in [-0.15, -0.1) is 0 Å². The Hall–Kier alpha value is -0.870. The summed E-state index contributed by atoms with van der Waals surface area (Å²) >= 11 is 3.43. The Balaban J connectivity index is 3.09. The van der Waals surface area contributed by atoms with E-state index in [9.17, 15) is 4.79 Å². The minimum absolute atomic E-state index is 0.356. The monoisotopic (exact) mass is 272 g/mol. The van der Waals surface area contributed by atoms with Crippen molar-refractivity contribution in [2.45, 2.75) is 13.0 Å². The molecule has 0 bridgehead atoms. The van der Waals surface area contributed by atoms with E-state index in [0.717, 1.165) is 27.6 Å². The number of methoxy groups -OCH3 is 2. The predicted molar refractivity (Wildman–Crippen MR) is 61.2 cm³/mol. The van der Waals surface area contributed by atoms with Crippen molar-refractivity contribution in [1.29, 1.82) is 0 Å². The molecule has 3 nitrogen and oxygen atoms in total. The minimum atomic E-state index is 0.356. The number of halogens is 1. The third-order valence-corrected chi connectivity index (χ3v) is 2.79. The summed E-state index contributed by atoms with van der Waals surface area (Å²) in [5, 5.41) is 0. The van der Waals surface area contributed by atoms with Crippen molar-refractivity contribution in [2.24, 2.45) is 0 Å². The highest BCUT2D eigenvalue weighted by atomic mass is 79.9. The largest absolute Gasteiger partial charge is 0.496 e. The molecule has 0 spiro atoms. The summed E-state index contributed by atoms with van der Waals surface area (Å²) < 4.78 is 11.2. The third kappa shape index (κ3) is 3.04. The van der Waals surface area contributed by atoms with Gasteiger partial charge < -0.3 is 14.3 Å². The van der Waals surface area contributed by atoms with Gasteiger partial charge in [0.05, 0.1) is 13.7 Å². The first-order valence-corrected chi connectivity index (χ1v) is 5.30. The van der Waals surface area contributed by atoms with E-state index in [-0.39, 0.29) is 0 Å². The van der Waals surface area contributed by atoms with Gasteiger partial charge in [0, 0.05) is 23.6 Å². The van der Waals surface area contributed by atoms with Crippen LogP contribution in [0.15, 0.2) is 16.6 Å². The van der Waals surface area contributed by atoms with E-state index in [1.165, 1.54) is 0 Å². The molecule has 82 valence electrons. The quantitative estimate of drug-likeness (QED) is 0.772. The fourth-order valence-electron chi connectivity index (χ4n) is 1.34. The van der Waals surface area contributed by atoms with Crippen LogP contribution in [-0.2, 0) is 22.6 Å². The third-order valence-electron chi connectivity index (χ3n) is 2.05. The van der Waals surface area contributed by atoms with Gasteiger partial charge in [-0.05, 0) is 17.7 Å². The molecule has 0 radical (unpaired) electrons. The molecule has 0 unspecified atom stereocenters.